The Labute approximate surface area is 200 Å². The maximum absolute atomic E-state index is 11.4. The third-order valence-corrected chi connectivity index (χ3v) is 6.45. The zero-order valence-corrected chi connectivity index (χ0v) is 19.7. The summed E-state index contributed by atoms with van der Waals surface area (Å²) in [6.45, 7) is 0.0723. The van der Waals surface area contributed by atoms with Gasteiger partial charge in [-0.05, 0) is 60.4 Å². The van der Waals surface area contributed by atoms with Crippen molar-refractivity contribution in [2.45, 2.75) is 10.9 Å². The molecule has 0 saturated carbocycles. The molecule has 1 aromatic heterocycles. The minimum Gasteiger partial charge on any atom is -0.485 e. The molecule has 0 fully saturated rings. The van der Waals surface area contributed by atoms with Gasteiger partial charge in [-0.3, -0.25) is 9.36 Å². The van der Waals surface area contributed by atoms with Gasteiger partial charge >= 0.3 is 0 Å². The molecule has 5 nitrogen and oxygen atoms in total. The van der Waals surface area contributed by atoms with E-state index < -0.39 is 0 Å². The van der Waals surface area contributed by atoms with E-state index in [4.69, 9.17) is 16.3 Å². The van der Waals surface area contributed by atoms with E-state index >= 15 is 0 Å². The fourth-order valence-corrected chi connectivity index (χ4v) is 4.20. The van der Waals surface area contributed by atoms with Crippen LogP contribution in [0.2, 0.25) is 5.02 Å². The molecular weight excluding hydrogens is 462 g/mol. The standard InChI is InChI=1S/C24H20ClN3O2S2/c1-31-22(29)15-30-21-13-7-17(8-14-21)16-32-24-27-26-23(18-9-11-19(25)12-10-18)28(24)20-5-3-2-4-6-20/h2-14H,15-16H2,1H3. The number of nitrogens with zero attached hydrogens (tertiary/aromatic N) is 3. The Kier molecular flexibility index (Phi) is 7.52. The van der Waals surface area contributed by atoms with Gasteiger partial charge in [0.2, 0.25) is 5.12 Å². The Balaban J connectivity index is 1.54. The molecule has 162 valence electrons. The lowest BCUT2D eigenvalue weighted by Crippen LogP contribution is -2.06. The molecule has 0 radical (unpaired) electrons. The average molecular weight is 482 g/mol. The van der Waals surface area contributed by atoms with Crippen molar-refractivity contribution in [3.05, 3.63) is 89.4 Å². The number of thioether (sulfide) groups is 2. The van der Waals surface area contributed by atoms with E-state index in [0.717, 1.165) is 45.3 Å². The molecule has 1 heterocycles. The van der Waals surface area contributed by atoms with Gasteiger partial charge in [0.25, 0.3) is 0 Å². The molecule has 0 unspecified atom stereocenters. The summed E-state index contributed by atoms with van der Waals surface area (Å²) in [6, 6.07) is 25.4. The fourth-order valence-electron chi connectivity index (χ4n) is 2.99. The first kappa shape index (κ1) is 22.5. The van der Waals surface area contributed by atoms with Crippen molar-refractivity contribution in [3.8, 4) is 22.8 Å². The monoisotopic (exact) mass is 481 g/mol. The van der Waals surface area contributed by atoms with Crippen molar-refractivity contribution in [2.24, 2.45) is 0 Å². The molecule has 8 heteroatoms. The normalized spacial score (nSPS) is 10.8. The van der Waals surface area contributed by atoms with Crippen LogP contribution in [-0.2, 0) is 10.5 Å². The van der Waals surface area contributed by atoms with Crippen LogP contribution >= 0.6 is 35.1 Å². The van der Waals surface area contributed by atoms with Crippen molar-refractivity contribution in [1.29, 1.82) is 0 Å². The maximum Gasteiger partial charge on any atom is 0.226 e. The Bertz CT molecular complexity index is 1180. The highest BCUT2D eigenvalue weighted by Gasteiger charge is 2.16. The first-order chi connectivity index (χ1) is 15.6. The van der Waals surface area contributed by atoms with Gasteiger partial charge < -0.3 is 4.74 Å². The van der Waals surface area contributed by atoms with Crippen LogP contribution in [0.4, 0.5) is 0 Å². The first-order valence-electron chi connectivity index (χ1n) is 9.82. The molecule has 0 saturated heterocycles. The Morgan fingerprint density at radius 2 is 1.69 bits per heavy atom. The van der Waals surface area contributed by atoms with Crippen molar-refractivity contribution in [3.63, 3.8) is 0 Å². The maximum atomic E-state index is 11.4. The highest BCUT2D eigenvalue weighted by molar-refractivity contribution is 8.13. The number of carbonyl (C=O) groups is 1. The van der Waals surface area contributed by atoms with Gasteiger partial charge in [0, 0.05) is 22.0 Å². The smallest absolute Gasteiger partial charge is 0.226 e. The van der Waals surface area contributed by atoms with E-state index in [9.17, 15) is 4.79 Å². The van der Waals surface area contributed by atoms with Gasteiger partial charge in [0.1, 0.15) is 5.75 Å². The molecule has 0 N–H and O–H groups in total. The average Bonchev–Trinajstić information content (AvgIpc) is 3.26. The summed E-state index contributed by atoms with van der Waals surface area (Å²) in [5.74, 6) is 2.16. The van der Waals surface area contributed by atoms with E-state index in [-0.39, 0.29) is 11.7 Å². The lowest BCUT2D eigenvalue weighted by atomic mass is 10.2. The molecule has 0 atom stereocenters. The molecular formula is C24H20ClN3O2S2. The minimum absolute atomic E-state index is 0.00127. The van der Waals surface area contributed by atoms with Gasteiger partial charge in [0.15, 0.2) is 17.6 Å². The van der Waals surface area contributed by atoms with Gasteiger partial charge in [0.05, 0.1) is 0 Å². The predicted molar refractivity (Wildman–Crippen MR) is 132 cm³/mol. The highest BCUT2D eigenvalue weighted by atomic mass is 35.5. The third kappa shape index (κ3) is 5.54. The number of ether oxygens (including phenoxy) is 1. The number of hydrogen-bond acceptors (Lipinski definition) is 6. The van der Waals surface area contributed by atoms with Crippen LogP contribution in [0, 0.1) is 0 Å². The Morgan fingerprint density at radius 3 is 2.38 bits per heavy atom. The number of carbonyl (C=O) groups excluding carboxylic acids is 1. The molecule has 0 amide bonds. The highest BCUT2D eigenvalue weighted by Crippen LogP contribution is 2.30. The van der Waals surface area contributed by atoms with Crippen molar-refractivity contribution in [2.75, 3.05) is 12.9 Å². The van der Waals surface area contributed by atoms with Crippen LogP contribution in [0.1, 0.15) is 5.56 Å². The quantitative estimate of drug-likeness (QED) is 0.281. The molecule has 3 aromatic carbocycles. The number of aromatic nitrogens is 3. The summed E-state index contributed by atoms with van der Waals surface area (Å²) in [5, 5.41) is 10.4. The number of rotatable bonds is 8. The van der Waals surface area contributed by atoms with E-state index in [2.05, 4.69) is 14.8 Å². The summed E-state index contributed by atoms with van der Waals surface area (Å²) in [5.41, 5.74) is 3.06. The second-order valence-electron chi connectivity index (χ2n) is 6.78. The zero-order valence-electron chi connectivity index (χ0n) is 17.3. The van der Waals surface area contributed by atoms with Gasteiger partial charge in [-0.15, -0.1) is 10.2 Å². The van der Waals surface area contributed by atoms with Crippen molar-refractivity contribution in [1.82, 2.24) is 14.8 Å². The first-order valence-corrected chi connectivity index (χ1v) is 12.4. The molecule has 4 aromatic rings. The van der Waals surface area contributed by atoms with Gasteiger partial charge in [-0.2, -0.15) is 0 Å². The molecule has 0 aliphatic heterocycles. The van der Waals surface area contributed by atoms with E-state index in [1.165, 1.54) is 0 Å². The van der Waals surface area contributed by atoms with Crippen LogP contribution in [-0.4, -0.2) is 32.7 Å². The number of halogens is 1. The topological polar surface area (TPSA) is 57.0 Å². The molecule has 0 spiro atoms. The summed E-state index contributed by atoms with van der Waals surface area (Å²) in [6.07, 6.45) is 1.75. The summed E-state index contributed by atoms with van der Waals surface area (Å²) >= 11 is 8.83. The van der Waals surface area contributed by atoms with Crippen LogP contribution in [0.3, 0.4) is 0 Å². The largest absolute Gasteiger partial charge is 0.485 e. The molecule has 4 rings (SSSR count). The lowest BCUT2D eigenvalue weighted by Gasteiger charge is -2.11. The van der Waals surface area contributed by atoms with Gasteiger partial charge in [-0.1, -0.05) is 65.5 Å². The molecule has 0 aliphatic rings. The summed E-state index contributed by atoms with van der Waals surface area (Å²) in [7, 11) is 0. The minimum atomic E-state index is 0.00127. The molecule has 0 bridgehead atoms. The second kappa shape index (κ2) is 10.7. The van der Waals surface area contributed by atoms with Crippen LogP contribution in [0.5, 0.6) is 5.75 Å². The Hall–Kier alpha value is -2.74. The SMILES string of the molecule is CSC(=O)COc1ccc(CSc2nnc(-c3ccc(Cl)cc3)n2-c2ccccc2)cc1. The zero-order chi connectivity index (χ0) is 22.3. The molecule has 0 aliphatic carbocycles. The molecule has 32 heavy (non-hydrogen) atoms. The summed E-state index contributed by atoms with van der Waals surface area (Å²) in [4.78, 5) is 11.4. The predicted octanol–water partition coefficient (Wildman–Crippen LogP) is 6.15. The summed E-state index contributed by atoms with van der Waals surface area (Å²) < 4.78 is 7.56. The lowest BCUT2D eigenvalue weighted by molar-refractivity contribution is -0.112. The van der Waals surface area contributed by atoms with E-state index in [1.54, 1.807) is 18.0 Å². The van der Waals surface area contributed by atoms with E-state index in [1.807, 2.05) is 78.9 Å². The van der Waals surface area contributed by atoms with Crippen LogP contribution < -0.4 is 4.74 Å². The number of para-hydroxylation sites is 1. The van der Waals surface area contributed by atoms with Crippen LogP contribution in [0.25, 0.3) is 17.1 Å². The number of benzene rings is 3. The second-order valence-corrected chi connectivity index (χ2v) is 9.02. The fraction of sp³-hybridized carbons (Fsp3) is 0.125. The Morgan fingerprint density at radius 1 is 0.969 bits per heavy atom. The number of hydrogen-bond donors (Lipinski definition) is 0. The van der Waals surface area contributed by atoms with Crippen molar-refractivity contribution >= 4 is 40.2 Å². The van der Waals surface area contributed by atoms with E-state index in [0.29, 0.717) is 10.8 Å². The third-order valence-electron chi connectivity index (χ3n) is 4.63. The van der Waals surface area contributed by atoms with Crippen LogP contribution in [0.15, 0.2) is 84.0 Å². The van der Waals surface area contributed by atoms with Gasteiger partial charge in [-0.25, -0.2) is 0 Å². The van der Waals surface area contributed by atoms with Crippen molar-refractivity contribution < 1.29 is 9.53 Å².